The van der Waals surface area contributed by atoms with Crippen LogP contribution in [0.1, 0.15) is 37.4 Å². The van der Waals surface area contributed by atoms with Gasteiger partial charge in [0.05, 0.1) is 18.4 Å². The lowest BCUT2D eigenvalue weighted by atomic mass is 10.0. The van der Waals surface area contributed by atoms with E-state index >= 15 is 0 Å². The van der Waals surface area contributed by atoms with Crippen LogP contribution in [-0.2, 0) is 11.3 Å². The molecule has 0 spiro atoms. The predicted molar refractivity (Wildman–Crippen MR) is 78.4 cm³/mol. The molecule has 0 saturated carbocycles. The molecule has 4 heteroatoms. The summed E-state index contributed by atoms with van der Waals surface area (Å²) in [6, 6.07) is 4.14. The van der Waals surface area contributed by atoms with E-state index in [4.69, 9.17) is 0 Å². The Morgan fingerprint density at radius 1 is 1.45 bits per heavy atom. The van der Waals surface area contributed by atoms with Gasteiger partial charge in [-0.3, -0.25) is 4.79 Å². The van der Waals surface area contributed by atoms with Crippen molar-refractivity contribution in [1.29, 1.82) is 0 Å². The quantitative estimate of drug-likeness (QED) is 0.857. The van der Waals surface area contributed by atoms with Crippen molar-refractivity contribution in [3.63, 3.8) is 0 Å². The fraction of sp³-hybridized carbons (Fsp3) is 0.500. The van der Waals surface area contributed by atoms with Gasteiger partial charge in [0, 0.05) is 19.2 Å². The number of imidazole rings is 1. The summed E-state index contributed by atoms with van der Waals surface area (Å²) in [6.45, 7) is 5.81. The molecule has 20 heavy (non-hydrogen) atoms. The number of aryl methyl sites for hydroxylation is 1. The number of pyridine rings is 1. The van der Waals surface area contributed by atoms with Crippen LogP contribution in [0, 0.1) is 12.8 Å². The van der Waals surface area contributed by atoms with E-state index in [1.54, 1.807) is 0 Å². The summed E-state index contributed by atoms with van der Waals surface area (Å²) in [5, 5.41) is 0. The van der Waals surface area contributed by atoms with E-state index in [0.29, 0.717) is 18.9 Å². The van der Waals surface area contributed by atoms with Gasteiger partial charge in [0.1, 0.15) is 5.65 Å². The number of amides is 1. The van der Waals surface area contributed by atoms with Gasteiger partial charge in [-0.15, -0.1) is 0 Å². The molecule has 2 aromatic rings. The molecule has 3 heterocycles. The van der Waals surface area contributed by atoms with Crippen LogP contribution in [0.15, 0.2) is 24.5 Å². The molecule has 1 aliphatic rings. The van der Waals surface area contributed by atoms with Crippen LogP contribution in [0.25, 0.3) is 5.65 Å². The minimum absolute atomic E-state index is 0.283. The second-order valence-electron chi connectivity index (χ2n) is 5.81. The molecule has 1 amide bonds. The lowest BCUT2D eigenvalue weighted by Gasteiger charge is -2.16. The molecular formula is C16H21N3O. The third-order valence-corrected chi connectivity index (χ3v) is 4.09. The number of carbonyl (C=O) groups excluding carboxylic acids is 1. The van der Waals surface area contributed by atoms with Gasteiger partial charge < -0.3 is 9.30 Å². The molecule has 106 valence electrons. The number of fused-ring (bicyclic) bond motifs is 1. The summed E-state index contributed by atoms with van der Waals surface area (Å²) in [4.78, 5) is 18.5. The van der Waals surface area contributed by atoms with Crippen LogP contribution in [0.2, 0.25) is 0 Å². The minimum atomic E-state index is 0.283. The van der Waals surface area contributed by atoms with Crippen molar-refractivity contribution >= 4 is 11.6 Å². The Balaban J connectivity index is 1.78. The van der Waals surface area contributed by atoms with E-state index in [1.165, 1.54) is 5.56 Å². The maximum Gasteiger partial charge on any atom is 0.223 e. The van der Waals surface area contributed by atoms with Gasteiger partial charge >= 0.3 is 0 Å². The number of likely N-dealkylation sites (tertiary alicyclic amines) is 1. The highest BCUT2D eigenvalue weighted by atomic mass is 16.2. The molecule has 1 aliphatic heterocycles. The third-order valence-electron chi connectivity index (χ3n) is 4.09. The molecule has 4 nitrogen and oxygen atoms in total. The van der Waals surface area contributed by atoms with Crippen molar-refractivity contribution in [3.8, 4) is 0 Å². The second-order valence-corrected chi connectivity index (χ2v) is 5.81. The molecule has 0 aliphatic carbocycles. The SMILES string of the molecule is CCCC1CC(=O)N(Cc2cnc3cc(C)ccn23)C1. The number of nitrogens with zero attached hydrogens (tertiary/aromatic N) is 3. The zero-order chi connectivity index (χ0) is 14.1. The van der Waals surface area contributed by atoms with E-state index in [-0.39, 0.29) is 5.91 Å². The van der Waals surface area contributed by atoms with Crippen LogP contribution < -0.4 is 0 Å². The maximum atomic E-state index is 12.1. The van der Waals surface area contributed by atoms with Crippen molar-refractivity contribution in [2.45, 2.75) is 39.7 Å². The number of rotatable bonds is 4. The Hall–Kier alpha value is -1.84. The van der Waals surface area contributed by atoms with Gasteiger partial charge in [0.25, 0.3) is 0 Å². The first-order valence-corrected chi connectivity index (χ1v) is 7.37. The Morgan fingerprint density at radius 2 is 2.30 bits per heavy atom. The molecule has 1 saturated heterocycles. The van der Waals surface area contributed by atoms with E-state index in [1.807, 2.05) is 17.3 Å². The molecular weight excluding hydrogens is 250 g/mol. The monoisotopic (exact) mass is 271 g/mol. The molecule has 0 radical (unpaired) electrons. The summed E-state index contributed by atoms with van der Waals surface area (Å²) in [7, 11) is 0. The zero-order valence-electron chi connectivity index (χ0n) is 12.2. The van der Waals surface area contributed by atoms with Gasteiger partial charge in [-0.05, 0) is 37.0 Å². The summed E-state index contributed by atoms with van der Waals surface area (Å²) >= 11 is 0. The van der Waals surface area contributed by atoms with Crippen LogP contribution in [0.5, 0.6) is 0 Å². The van der Waals surface area contributed by atoms with E-state index in [9.17, 15) is 4.79 Å². The smallest absolute Gasteiger partial charge is 0.223 e. The van der Waals surface area contributed by atoms with Crippen molar-refractivity contribution in [3.05, 3.63) is 35.8 Å². The van der Waals surface area contributed by atoms with Crippen LogP contribution >= 0.6 is 0 Å². The second kappa shape index (κ2) is 5.27. The Morgan fingerprint density at radius 3 is 3.10 bits per heavy atom. The minimum Gasteiger partial charge on any atom is -0.337 e. The van der Waals surface area contributed by atoms with E-state index in [0.717, 1.165) is 30.7 Å². The zero-order valence-corrected chi connectivity index (χ0v) is 12.2. The van der Waals surface area contributed by atoms with Crippen LogP contribution in [-0.4, -0.2) is 26.7 Å². The van der Waals surface area contributed by atoms with Crippen LogP contribution in [0.3, 0.4) is 0 Å². The predicted octanol–water partition coefficient (Wildman–Crippen LogP) is 2.79. The number of aromatic nitrogens is 2. The average Bonchev–Trinajstić information content (AvgIpc) is 2.95. The van der Waals surface area contributed by atoms with Crippen molar-refractivity contribution in [2.24, 2.45) is 5.92 Å². The first-order valence-electron chi connectivity index (χ1n) is 7.37. The maximum absolute atomic E-state index is 12.1. The summed E-state index contributed by atoms with van der Waals surface area (Å²) in [5.41, 5.74) is 3.25. The topological polar surface area (TPSA) is 37.6 Å². The largest absolute Gasteiger partial charge is 0.337 e. The molecule has 2 aromatic heterocycles. The lowest BCUT2D eigenvalue weighted by Crippen LogP contribution is -2.25. The molecule has 0 bridgehead atoms. The average molecular weight is 271 g/mol. The van der Waals surface area contributed by atoms with Gasteiger partial charge in [-0.2, -0.15) is 0 Å². The van der Waals surface area contributed by atoms with Crippen molar-refractivity contribution in [2.75, 3.05) is 6.54 Å². The normalized spacial score (nSPS) is 19.2. The van der Waals surface area contributed by atoms with Crippen LogP contribution in [0.4, 0.5) is 0 Å². The summed E-state index contributed by atoms with van der Waals surface area (Å²) in [6.07, 6.45) is 6.94. The Bertz CT molecular complexity index is 632. The van der Waals surface area contributed by atoms with E-state index < -0.39 is 0 Å². The highest BCUT2D eigenvalue weighted by Crippen LogP contribution is 2.24. The molecule has 1 unspecified atom stereocenters. The molecule has 1 fully saturated rings. The molecule has 0 aromatic carbocycles. The van der Waals surface area contributed by atoms with Gasteiger partial charge in [-0.1, -0.05) is 13.3 Å². The summed E-state index contributed by atoms with van der Waals surface area (Å²) < 4.78 is 2.08. The highest BCUT2D eigenvalue weighted by molar-refractivity contribution is 5.78. The molecule has 0 N–H and O–H groups in total. The van der Waals surface area contributed by atoms with Gasteiger partial charge in [0.2, 0.25) is 5.91 Å². The lowest BCUT2D eigenvalue weighted by molar-refractivity contribution is -0.128. The van der Waals surface area contributed by atoms with Crippen molar-refractivity contribution in [1.82, 2.24) is 14.3 Å². The highest BCUT2D eigenvalue weighted by Gasteiger charge is 2.29. The Labute approximate surface area is 119 Å². The standard InChI is InChI=1S/C16H21N3O/c1-3-4-13-8-16(20)18(10-13)11-14-9-17-15-7-12(2)5-6-19(14)15/h5-7,9,13H,3-4,8,10-11H2,1-2H3. The number of hydrogen-bond acceptors (Lipinski definition) is 2. The number of hydrogen-bond donors (Lipinski definition) is 0. The van der Waals surface area contributed by atoms with Gasteiger partial charge in [-0.25, -0.2) is 4.98 Å². The third kappa shape index (κ3) is 2.42. The Kier molecular flexibility index (Phi) is 3.47. The number of carbonyl (C=O) groups is 1. The first kappa shape index (κ1) is 13.2. The van der Waals surface area contributed by atoms with Crippen molar-refractivity contribution < 1.29 is 4.79 Å². The molecule has 1 atom stereocenters. The fourth-order valence-electron chi connectivity index (χ4n) is 3.06. The molecule has 3 rings (SSSR count). The summed E-state index contributed by atoms with van der Waals surface area (Å²) in [5.74, 6) is 0.819. The van der Waals surface area contributed by atoms with E-state index in [2.05, 4.69) is 35.4 Å². The first-order chi connectivity index (χ1) is 9.67. The van der Waals surface area contributed by atoms with Gasteiger partial charge in [0.15, 0.2) is 0 Å². The fourth-order valence-corrected chi connectivity index (χ4v) is 3.06.